The van der Waals surface area contributed by atoms with Crippen LogP contribution in [0.3, 0.4) is 0 Å². The Bertz CT molecular complexity index is 575. The molecule has 0 amide bonds. The molecule has 1 aromatic carbocycles. The van der Waals surface area contributed by atoms with Crippen molar-refractivity contribution in [3.63, 3.8) is 0 Å². The molecule has 0 fully saturated rings. The molecule has 2 aromatic rings. The molecule has 114 valence electrons. The second kappa shape index (κ2) is 8.34. The summed E-state index contributed by atoms with van der Waals surface area (Å²) in [6.07, 6.45) is 1.85. The first-order valence-corrected chi connectivity index (χ1v) is 7.91. The van der Waals surface area contributed by atoms with Crippen molar-refractivity contribution in [2.45, 2.75) is 20.1 Å². The number of benzene rings is 1. The normalized spacial score (nSPS) is 10.8. The molecule has 4 nitrogen and oxygen atoms in total. The second-order valence-corrected chi connectivity index (χ2v) is 6.25. The number of nitrogens with one attached hydrogen (secondary N) is 1. The Hall–Kier alpha value is -1.14. The highest BCUT2D eigenvalue weighted by Crippen LogP contribution is 2.27. The molecule has 0 spiro atoms. The average Bonchev–Trinajstić information content (AvgIpc) is 2.89. The lowest BCUT2D eigenvalue weighted by Gasteiger charge is -2.13. The Labute approximate surface area is 134 Å². The van der Waals surface area contributed by atoms with E-state index in [0.29, 0.717) is 24.8 Å². The lowest BCUT2D eigenvalue weighted by molar-refractivity contribution is 0.199. The van der Waals surface area contributed by atoms with Gasteiger partial charge in [-0.15, -0.1) is 11.3 Å². The number of halogens is 1. The number of ether oxygens (including phenoxy) is 2. The predicted molar refractivity (Wildman–Crippen MR) is 86.2 cm³/mol. The van der Waals surface area contributed by atoms with Gasteiger partial charge in [-0.05, 0) is 19.1 Å². The minimum atomic E-state index is 0.511. The Kier molecular flexibility index (Phi) is 6.45. The highest BCUT2D eigenvalue weighted by molar-refractivity contribution is 7.11. The topological polar surface area (TPSA) is 43.4 Å². The third-order valence-corrected chi connectivity index (χ3v) is 4.14. The number of nitrogens with zero attached hydrogens (tertiary/aromatic N) is 1. The summed E-state index contributed by atoms with van der Waals surface area (Å²) in [5, 5.41) is 5.04. The molecule has 0 aliphatic carbocycles. The van der Waals surface area contributed by atoms with Crippen LogP contribution in [-0.2, 0) is 17.9 Å². The van der Waals surface area contributed by atoms with Crippen molar-refractivity contribution < 1.29 is 9.47 Å². The highest BCUT2D eigenvalue weighted by Gasteiger charge is 2.09. The van der Waals surface area contributed by atoms with E-state index in [1.54, 1.807) is 18.4 Å². The summed E-state index contributed by atoms with van der Waals surface area (Å²) in [6, 6.07) is 5.71. The number of aromatic nitrogens is 1. The molecule has 0 aliphatic rings. The Morgan fingerprint density at radius 2 is 2.24 bits per heavy atom. The van der Waals surface area contributed by atoms with Gasteiger partial charge in [0.1, 0.15) is 12.4 Å². The number of aryl methyl sites for hydroxylation is 1. The summed E-state index contributed by atoms with van der Waals surface area (Å²) in [4.78, 5) is 5.33. The van der Waals surface area contributed by atoms with E-state index in [1.807, 2.05) is 31.3 Å². The molecule has 0 bridgehead atoms. The fraction of sp³-hybridized carbons (Fsp3) is 0.400. The van der Waals surface area contributed by atoms with Crippen LogP contribution in [0.15, 0.2) is 24.4 Å². The van der Waals surface area contributed by atoms with Crippen LogP contribution in [0, 0.1) is 6.92 Å². The second-order valence-electron chi connectivity index (χ2n) is 4.52. The zero-order chi connectivity index (χ0) is 15.1. The maximum atomic E-state index is 6.27. The molecule has 6 heteroatoms. The molecular formula is C15H19ClN2O2S. The highest BCUT2D eigenvalue weighted by atomic mass is 35.5. The van der Waals surface area contributed by atoms with Gasteiger partial charge in [0, 0.05) is 37.0 Å². The summed E-state index contributed by atoms with van der Waals surface area (Å²) in [7, 11) is 1.68. The van der Waals surface area contributed by atoms with Gasteiger partial charge in [-0.25, -0.2) is 4.98 Å². The van der Waals surface area contributed by atoms with Gasteiger partial charge >= 0.3 is 0 Å². The van der Waals surface area contributed by atoms with Crippen LogP contribution in [-0.4, -0.2) is 25.2 Å². The van der Waals surface area contributed by atoms with Gasteiger partial charge in [-0.2, -0.15) is 0 Å². The molecule has 0 unspecified atom stereocenters. The maximum Gasteiger partial charge on any atom is 0.125 e. The predicted octanol–water partition coefficient (Wildman–Crippen LogP) is 3.42. The van der Waals surface area contributed by atoms with Crippen LogP contribution in [0.25, 0.3) is 0 Å². The first-order valence-electron chi connectivity index (χ1n) is 6.72. The number of hydrogen-bond acceptors (Lipinski definition) is 5. The quantitative estimate of drug-likeness (QED) is 0.755. The first-order chi connectivity index (χ1) is 10.2. The van der Waals surface area contributed by atoms with Crippen LogP contribution in [0.4, 0.5) is 0 Å². The van der Waals surface area contributed by atoms with Gasteiger partial charge < -0.3 is 14.8 Å². The van der Waals surface area contributed by atoms with E-state index in [9.17, 15) is 0 Å². The summed E-state index contributed by atoms with van der Waals surface area (Å²) >= 11 is 7.91. The lowest BCUT2D eigenvalue weighted by atomic mass is 10.2. The molecule has 0 aliphatic heterocycles. The fourth-order valence-electron chi connectivity index (χ4n) is 1.85. The van der Waals surface area contributed by atoms with Gasteiger partial charge in [0.05, 0.1) is 16.5 Å². The van der Waals surface area contributed by atoms with Crippen LogP contribution in [0.2, 0.25) is 5.02 Å². The monoisotopic (exact) mass is 326 g/mol. The lowest BCUT2D eigenvalue weighted by Crippen LogP contribution is -2.19. The molecule has 2 rings (SSSR count). The summed E-state index contributed by atoms with van der Waals surface area (Å²) in [5.41, 5.74) is 0.969. The number of thiazole rings is 1. The van der Waals surface area contributed by atoms with Crippen molar-refractivity contribution in [1.29, 1.82) is 0 Å². The van der Waals surface area contributed by atoms with Gasteiger partial charge in [0.15, 0.2) is 0 Å². The minimum absolute atomic E-state index is 0.511. The molecule has 0 atom stereocenters. The number of methoxy groups -OCH3 is 1. The Morgan fingerprint density at radius 1 is 1.38 bits per heavy atom. The number of rotatable bonds is 8. The van der Waals surface area contributed by atoms with Gasteiger partial charge in [0.25, 0.3) is 0 Å². The van der Waals surface area contributed by atoms with Crippen LogP contribution < -0.4 is 10.1 Å². The van der Waals surface area contributed by atoms with Crippen molar-refractivity contribution in [1.82, 2.24) is 10.3 Å². The Morgan fingerprint density at radius 3 is 2.95 bits per heavy atom. The summed E-state index contributed by atoms with van der Waals surface area (Å²) in [6.45, 7) is 4.59. The number of hydrogen-bond donors (Lipinski definition) is 1. The molecule has 21 heavy (non-hydrogen) atoms. The molecule has 0 radical (unpaired) electrons. The molecule has 0 saturated heterocycles. The third-order valence-electron chi connectivity index (χ3n) is 2.90. The largest absolute Gasteiger partial charge is 0.488 e. The van der Waals surface area contributed by atoms with Crippen molar-refractivity contribution in [3.8, 4) is 5.75 Å². The van der Waals surface area contributed by atoms with E-state index in [1.165, 1.54) is 0 Å². The van der Waals surface area contributed by atoms with Crippen molar-refractivity contribution >= 4 is 22.9 Å². The molecule has 1 heterocycles. The van der Waals surface area contributed by atoms with Crippen LogP contribution >= 0.6 is 22.9 Å². The average molecular weight is 327 g/mol. The van der Waals surface area contributed by atoms with E-state index in [2.05, 4.69) is 10.3 Å². The zero-order valence-corrected chi connectivity index (χ0v) is 13.8. The van der Waals surface area contributed by atoms with E-state index < -0.39 is 0 Å². The van der Waals surface area contributed by atoms with Crippen molar-refractivity contribution in [2.24, 2.45) is 0 Å². The fourth-order valence-corrected chi connectivity index (χ4v) is 2.80. The molecule has 1 N–H and O–H groups in total. The van der Waals surface area contributed by atoms with E-state index in [4.69, 9.17) is 21.1 Å². The molecular weight excluding hydrogens is 308 g/mol. The smallest absolute Gasteiger partial charge is 0.125 e. The van der Waals surface area contributed by atoms with E-state index in [0.717, 1.165) is 27.7 Å². The molecule has 0 saturated carbocycles. The van der Waals surface area contributed by atoms with E-state index in [-0.39, 0.29) is 0 Å². The third kappa shape index (κ3) is 4.97. The van der Waals surface area contributed by atoms with E-state index >= 15 is 0 Å². The Balaban J connectivity index is 1.99. The van der Waals surface area contributed by atoms with Gasteiger partial charge in [-0.1, -0.05) is 17.7 Å². The minimum Gasteiger partial charge on any atom is -0.488 e. The van der Waals surface area contributed by atoms with Crippen LogP contribution in [0.5, 0.6) is 5.75 Å². The van der Waals surface area contributed by atoms with Gasteiger partial charge in [0.2, 0.25) is 0 Å². The standard InChI is InChI=1S/C15H19ClN2O2S/c1-11-18-8-12(21-11)10-20-15-5-3-4-14(16)13(15)9-17-6-7-19-2/h3-5,8,17H,6-7,9-10H2,1-2H3. The van der Waals surface area contributed by atoms with Crippen LogP contribution in [0.1, 0.15) is 15.4 Å². The van der Waals surface area contributed by atoms with Gasteiger partial charge in [-0.3, -0.25) is 0 Å². The molecule has 1 aromatic heterocycles. The first kappa shape index (κ1) is 16.2. The summed E-state index contributed by atoms with van der Waals surface area (Å²) < 4.78 is 10.9. The zero-order valence-electron chi connectivity index (χ0n) is 12.2. The SMILES string of the molecule is COCCNCc1c(Cl)cccc1OCc1cnc(C)s1. The maximum absolute atomic E-state index is 6.27. The van der Waals surface area contributed by atoms with Crippen molar-refractivity contribution in [3.05, 3.63) is 44.9 Å². The summed E-state index contributed by atoms with van der Waals surface area (Å²) in [5.74, 6) is 0.804. The van der Waals surface area contributed by atoms with Crippen molar-refractivity contribution in [2.75, 3.05) is 20.3 Å².